The van der Waals surface area contributed by atoms with Crippen molar-refractivity contribution in [1.82, 2.24) is 0 Å². The van der Waals surface area contributed by atoms with E-state index in [4.69, 9.17) is 5.73 Å². The van der Waals surface area contributed by atoms with Crippen LogP contribution in [-0.4, -0.2) is 20.9 Å². The van der Waals surface area contributed by atoms with Crippen LogP contribution in [0.2, 0.25) is 0 Å². The maximum absolute atomic E-state index is 9.82. The Kier molecular flexibility index (Phi) is 2.11. The van der Waals surface area contributed by atoms with E-state index in [0.29, 0.717) is 5.56 Å². The highest BCUT2D eigenvalue weighted by Gasteiger charge is 2.53. The van der Waals surface area contributed by atoms with Gasteiger partial charge in [-0.05, 0) is 12.8 Å². The zero-order chi connectivity index (χ0) is 12.1. The Bertz CT molecular complexity index is 413. The highest BCUT2D eigenvalue weighted by atomic mass is 16.3. The molecular weight excluding hydrogens is 206 g/mol. The molecular formula is C12H17NO3. The first-order valence-electron chi connectivity index (χ1n) is 5.32. The van der Waals surface area contributed by atoms with Gasteiger partial charge in [-0.1, -0.05) is 13.8 Å². The average molecular weight is 223 g/mol. The minimum atomic E-state index is -0.519. The number of benzene rings is 1. The molecule has 88 valence electrons. The average Bonchev–Trinajstić information content (AvgIpc) is 2.82. The van der Waals surface area contributed by atoms with Gasteiger partial charge in [0.05, 0.1) is 0 Å². The van der Waals surface area contributed by atoms with Gasteiger partial charge in [-0.2, -0.15) is 0 Å². The van der Waals surface area contributed by atoms with E-state index in [1.807, 2.05) is 13.8 Å². The van der Waals surface area contributed by atoms with Gasteiger partial charge in [-0.3, -0.25) is 0 Å². The molecule has 0 aliphatic heterocycles. The summed E-state index contributed by atoms with van der Waals surface area (Å²) >= 11 is 0. The molecule has 5 N–H and O–H groups in total. The molecule has 4 nitrogen and oxygen atoms in total. The van der Waals surface area contributed by atoms with Crippen LogP contribution in [0.25, 0.3) is 0 Å². The molecule has 2 rings (SSSR count). The lowest BCUT2D eigenvalue weighted by molar-refractivity contribution is 0.342. The molecule has 1 aromatic rings. The standard InChI is InChI=1S/C12H17NO3/c1-11(2,12(13)3-4-12)10-8(15)5-7(14)6-9(10)16/h5-6,14-16H,3-4,13H2,1-2H3. The number of phenols is 3. The first-order chi connectivity index (χ1) is 7.28. The molecule has 0 radical (unpaired) electrons. The van der Waals surface area contributed by atoms with E-state index in [2.05, 4.69) is 0 Å². The molecule has 0 spiro atoms. The maximum atomic E-state index is 9.82. The minimum Gasteiger partial charge on any atom is -0.508 e. The third-order valence-corrected chi connectivity index (χ3v) is 3.74. The molecule has 1 aliphatic carbocycles. The maximum Gasteiger partial charge on any atom is 0.126 e. The van der Waals surface area contributed by atoms with Crippen LogP contribution in [0.5, 0.6) is 17.2 Å². The van der Waals surface area contributed by atoms with E-state index in [-0.39, 0.29) is 22.8 Å². The molecule has 1 fully saturated rings. The molecule has 4 heteroatoms. The summed E-state index contributed by atoms with van der Waals surface area (Å²) in [6.45, 7) is 3.79. The normalized spacial score (nSPS) is 18.4. The smallest absolute Gasteiger partial charge is 0.126 e. The Morgan fingerprint density at radius 3 is 1.94 bits per heavy atom. The summed E-state index contributed by atoms with van der Waals surface area (Å²) in [4.78, 5) is 0. The first-order valence-corrected chi connectivity index (χ1v) is 5.32. The molecule has 1 aromatic carbocycles. The fraction of sp³-hybridized carbons (Fsp3) is 0.500. The van der Waals surface area contributed by atoms with Crippen molar-refractivity contribution in [3.8, 4) is 17.2 Å². The van der Waals surface area contributed by atoms with Crippen molar-refractivity contribution in [3.63, 3.8) is 0 Å². The van der Waals surface area contributed by atoms with Gasteiger partial charge in [0.15, 0.2) is 0 Å². The third kappa shape index (κ3) is 1.41. The molecule has 0 aromatic heterocycles. The van der Waals surface area contributed by atoms with Crippen molar-refractivity contribution < 1.29 is 15.3 Å². The van der Waals surface area contributed by atoms with E-state index in [9.17, 15) is 15.3 Å². The quantitative estimate of drug-likeness (QED) is 0.613. The summed E-state index contributed by atoms with van der Waals surface area (Å²) in [6, 6.07) is 2.45. The van der Waals surface area contributed by atoms with Crippen molar-refractivity contribution >= 4 is 0 Å². The Morgan fingerprint density at radius 1 is 1.12 bits per heavy atom. The Labute approximate surface area is 94.3 Å². The van der Waals surface area contributed by atoms with E-state index < -0.39 is 5.41 Å². The van der Waals surface area contributed by atoms with Crippen LogP contribution >= 0.6 is 0 Å². The van der Waals surface area contributed by atoms with Crippen molar-refractivity contribution in [2.45, 2.75) is 37.6 Å². The van der Waals surface area contributed by atoms with Gasteiger partial charge >= 0.3 is 0 Å². The lowest BCUT2D eigenvalue weighted by Crippen LogP contribution is -2.43. The molecule has 0 bridgehead atoms. The highest BCUT2D eigenvalue weighted by molar-refractivity contribution is 5.54. The largest absolute Gasteiger partial charge is 0.508 e. The van der Waals surface area contributed by atoms with E-state index in [1.54, 1.807) is 0 Å². The summed E-state index contributed by atoms with van der Waals surface area (Å²) in [5, 5.41) is 28.9. The van der Waals surface area contributed by atoms with Crippen LogP contribution in [0.3, 0.4) is 0 Å². The first kappa shape index (κ1) is 11.1. The number of aromatic hydroxyl groups is 3. The van der Waals surface area contributed by atoms with Crippen LogP contribution in [0.4, 0.5) is 0 Å². The molecule has 0 amide bonds. The SMILES string of the molecule is CC(C)(c1c(O)cc(O)cc1O)C1(N)CC1. The van der Waals surface area contributed by atoms with Gasteiger partial charge < -0.3 is 21.1 Å². The molecule has 0 saturated heterocycles. The molecule has 16 heavy (non-hydrogen) atoms. The Hall–Kier alpha value is -1.42. The lowest BCUT2D eigenvalue weighted by atomic mass is 9.75. The molecule has 1 aliphatic rings. The van der Waals surface area contributed by atoms with Gasteiger partial charge in [-0.25, -0.2) is 0 Å². The summed E-state index contributed by atoms with van der Waals surface area (Å²) in [6.07, 6.45) is 1.75. The van der Waals surface area contributed by atoms with Crippen molar-refractivity contribution in [2.75, 3.05) is 0 Å². The predicted octanol–water partition coefficient (Wildman–Crippen LogP) is 1.57. The van der Waals surface area contributed by atoms with E-state index >= 15 is 0 Å². The van der Waals surface area contributed by atoms with E-state index in [0.717, 1.165) is 12.8 Å². The number of nitrogens with two attached hydrogens (primary N) is 1. The Balaban J connectivity index is 2.56. The lowest BCUT2D eigenvalue weighted by Gasteiger charge is -2.33. The van der Waals surface area contributed by atoms with Crippen molar-refractivity contribution in [3.05, 3.63) is 17.7 Å². The van der Waals surface area contributed by atoms with Gasteiger partial charge in [0, 0.05) is 28.7 Å². The van der Waals surface area contributed by atoms with Crippen molar-refractivity contribution in [1.29, 1.82) is 0 Å². The zero-order valence-corrected chi connectivity index (χ0v) is 9.49. The summed E-state index contributed by atoms with van der Waals surface area (Å²) in [5.41, 5.74) is 5.66. The number of phenolic OH excluding ortho intramolecular Hbond substituents is 3. The van der Waals surface area contributed by atoms with Gasteiger partial charge in [0.25, 0.3) is 0 Å². The van der Waals surface area contributed by atoms with Crippen LogP contribution in [0.1, 0.15) is 32.3 Å². The fourth-order valence-electron chi connectivity index (χ4n) is 2.25. The van der Waals surface area contributed by atoms with Crippen LogP contribution in [0.15, 0.2) is 12.1 Å². The number of hydrogen-bond donors (Lipinski definition) is 4. The number of hydrogen-bond acceptors (Lipinski definition) is 4. The van der Waals surface area contributed by atoms with Gasteiger partial charge in [0.2, 0.25) is 0 Å². The molecule has 1 saturated carbocycles. The summed E-state index contributed by atoms with van der Waals surface area (Å²) in [5.74, 6) is -0.380. The third-order valence-electron chi connectivity index (χ3n) is 3.74. The second-order valence-corrected chi connectivity index (χ2v) is 5.14. The van der Waals surface area contributed by atoms with Crippen LogP contribution in [0, 0.1) is 0 Å². The topological polar surface area (TPSA) is 86.7 Å². The minimum absolute atomic E-state index is 0.112. The molecule has 0 unspecified atom stereocenters. The predicted molar refractivity (Wildman–Crippen MR) is 60.6 cm³/mol. The monoisotopic (exact) mass is 223 g/mol. The summed E-state index contributed by atoms with van der Waals surface area (Å²) in [7, 11) is 0. The van der Waals surface area contributed by atoms with Crippen LogP contribution < -0.4 is 5.73 Å². The highest BCUT2D eigenvalue weighted by Crippen LogP contribution is 2.53. The fourth-order valence-corrected chi connectivity index (χ4v) is 2.25. The van der Waals surface area contributed by atoms with Gasteiger partial charge in [-0.15, -0.1) is 0 Å². The molecule has 0 atom stereocenters. The second-order valence-electron chi connectivity index (χ2n) is 5.14. The molecule has 0 heterocycles. The summed E-state index contributed by atoms with van der Waals surface area (Å²) < 4.78 is 0. The van der Waals surface area contributed by atoms with E-state index in [1.165, 1.54) is 12.1 Å². The van der Waals surface area contributed by atoms with Crippen LogP contribution in [-0.2, 0) is 5.41 Å². The zero-order valence-electron chi connectivity index (χ0n) is 9.49. The van der Waals surface area contributed by atoms with Gasteiger partial charge in [0.1, 0.15) is 17.2 Å². The Morgan fingerprint density at radius 2 is 1.56 bits per heavy atom. The van der Waals surface area contributed by atoms with Crippen molar-refractivity contribution in [2.24, 2.45) is 5.73 Å². The number of rotatable bonds is 2. The second kappa shape index (κ2) is 3.04.